The molecule has 0 saturated carbocycles. The molecular weight excluding hydrogens is 570 g/mol. The summed E-state index contributed by atoms with van der Waals surface area (Å²) in [4.78, 5) is 29.8. The number of esters is 2. The smallest absolute Gasteiger partial charge is 0.340 e. The predicted octanol–water partition coefficient (Wildman–Crippen LogP) is 6.05. The van der Waals surface area contributed by atoms with Gasteiger partial charge in [-0.15, -0.1) is 0 Å². The van der Waals surface area contributed by atoms with Gasteiger partial charge in [-0.1, -0.05) is 28.1 Å². The molecule has 0 aliphatic rings. The van der Waals surface area contributed by atoms with E-state index in [2.05, 4.69) is 36.8 Å². The van der Waals surface area contributed by atoms with Crippen molar-refractivity contribution in [2.75, 3.05) is 21.3 Å². The van der Waals surface area contributed by atoms with Gasteiger partial charge in [-0.05, 0) is 65.2 Å². The van der Waals surface area contributed by atoms with Crippen LogP contribution in [0.5, 0.6) is 11.5 Å². The van der Waals surface area contributed by atoms with Gasteiger partial charge in [0.1, 0.15) is 6.61 Å². The van der Waals surface area contributed by atoms with Crippen molar-refractivity contribution in [3.05, 3.63) is 73.4 Å². The lowest BCUT2D eigenvalue weighted by molar-refractivity contribution is 0.0599. The minimum Gasteiger partial charge on any atom is -0.493 e. The topological polar surface area (TPSA) is 84.0 Å². The second-order valence-corrected chi connectivity index (χ2v) is 9.07. The maximum Gasteiger partial charge on any atom is 0.340 e. The SMILES string of the molecule is COC(=O)c1c(C)nc(C)c(C(=O)OC)c1-c1cc(Br)c(OCc2ccc(Br)cc2)c(OC)c1. The van der Waals surface area contributed by atoms with Crippen LogP contribution in [0.3, 0.4) is 0 Å². The largest absolute Gasteiger partial charge is 0.493 e. The van der Waals surface area contributed by atoms with E-state index in [-0.39, 0.29) is 11.1 Å². The van der Waals surface area contributed by atoms with Crippen LogP contribution in [0.2, 0.25) is 0 Å². The van der Waals surface area contributed by atoms with E-state index in [0.717, 1.165) is 10.0 Å². The fourth-order valence-electron chi connectivity index (χ4n) is 3.58. The third kappa shape index (κ3) is 5.26. The molecular formula is C25H23Br2NO6. The van der Waals surface area contributed by atoms with Crippen molar-refractivity contribution >= 4 is 43.8 Å². The zero-order valence-electron chi connectivity index (χ0n) is 19.3. The number of methoxy groups -OCH3 is 3. The third-order valence-electron chi connectivity index (χ3n) is 5.15. The van der Waals surface area contributed by atoms with Crippen LogP contribution in [-0.4, -0.2) is 38.3 Å². The van der Waals surface area contributed by atoms with Gasteiger partial charge in [0, 0.05) is 10.0 Å². The molecule has 0 amide bonds. The maximum absolute atomic E-state index is 12.7. The molecule has 178 valence electrons. The van der Waals surface area contributed by atoms with Gasteiger partial charge in [0.05, 0.1) is 48.3 Å². The third-order valence-corrected chi connectivity index (χ3v) is 6.27. The van der Waals surface area contributed by atoms with Gasteiger partial charge in [-0.3, -0.25) is 4.98 Å². The highest BCUT2D eigenvalue weighted by Gasteiger charge is 2.28. The van der Waals surface area contributed by atoms with Crippen molar-refractivity contribution < 1.29 is 28.5 Å². The number of benzene rings is 2. The molecule has 7 nitrogen and oxygen atoms in total. The minimum atomic E-state index is -0.615. The summed E-state index contributed by atoms with van der Waals surface area (Å²) in [5.74, 6) is -0.331. The number of nitrogens with zero attached hydrogens (tertiary/aromatic N) is 1. The van der Waals surface area contributed by atoms with Gasteiger partial charge in [0.15, 0.2) is 11.5 Å². The molecule has 0 aliphatic carbocycles. The van der Waals surface area contributed by atoms with E-state index in [4.69, 9.17) is 18.9 Å². The van der Waals surface area contributed by atoms with E-state index in [1.165, 1.54) is 21.3 Å². The first kappa shape index (κ1) is 25.7. The highest BCUT2D eigenvalue weighted by Crippen LogP contribution is 2.42. The van der Waals surface area contributed by atoms with E-state index >= 15 is 0 Å². The Bertz CT molecular complexity index is 1200. The summed E-state index contributed by atoms with van der Waals surface area (Å²) in [6, 6.07) is 11.2. The van der Waals surface area contributed by atoms with Crippen molar-refractivity contribution in [1.82, 2.24) is 4.98 Å². The summed E-state index contributed by atoms with van der Waals surface area (Å²) >= 11 is 6.97. The molecule has 1 heterocycles. The van der Waals surface area contributed by atoms with Crippen LogP contribution in [0, 0.1) is 13.8 Å². The molecule has 3 rings (SSSR count). The number of rotatable bonds is 7. The van der Waals surface area contributed by atoms with Gasteiger partial charge in [0.2, 0.25) is 0 Å². The number of carbonyl (C=O) groups excluding carboxylic acids is 2. The van der Waals surface area contributed by atoms with Gasteiger partial charge in [-0.2, -0.15) is 0 Å². The van der Waals surface area contributed by atoms with Crippen molar-refractivity contribution in [3.63, 3.8) is 0 Å². The molecule has 0 unspecified atom stereocenters. The van der Waals surface area contributed by atoms with Crippen LogP contribution < -0.4 is 9.47 Å². The van der Waals surface area contributed by atoms with Gasteiger partial charge >= 0.3 is 11.9 Å². The molecule has 2 aromatic carbocycles. The molecule has 0 spiro atoms. The molecule has 1 aromatic heterocycles. The summed E-state index contributed by atoms with van der Waals surface area (Å²) in [5, 5.41) is 0. The summed E-state index contributed by atoms with van der Waals surface area (Å²) in [6.07, 6.45) is 0. The Labute approximate surface area is 214 Å². The molecule has 0 radical (unpaired) electrons. The monoisotopic (exact) mass is 591 g/mol. The van der Waals surface area contributed by atoms with Crippen LogP contribution in [0.1, 0.15) is 37.7 Å². The lowest BCUT2D eigenvalue weighted by Gasteiger charge is -2.19. The van der Waals surface area contributed by atoms with E-state index in [0.29, 0.717) is 45.1 Å². The molecule has 3 aromatic rings. The Balaban J connectivity index is 2.18. The summed E-state index contributed by atoms with van der Waals surface area (Å²) in [7, 11) is 4.07. The average molecular weight is 593 g/mol. The van der Waals surface area contributed by atoms with Gasteiger partial charge in [-0.25, -0.2) is 9.59 Å². The molecule has 0 atom stereocenters. The number of ether oxygens (including phenoxy) is 4. The second-order valence-electron chi connectivity index (χ2n) is 7.30. The number of hydrogen-bond donors (Lipinski definition) is 0. The normalized spacial score (nSPS) is 10.6. The standard InChI is InChI=1S/C25H23Br2NO6/c1-13-20(24(29)32-4)22(21(14(2)28-13)25(30)33-5)16-10-18(27)23(19(11-16)31-3)34-12-15-6-8-17(26)9-7-15/h6-11H,12H2,1-5H3. The van der Waals surface area contributed by atoms with Crippen molar-refractivity contribution in [2.24, 2.45) is 0 Å². The molecule has 0 bridgehead atoms. The fourth-order valence-corrected chi connectivity index (χ4v) is 4.40. The molecule has 0 saturated heterocycles. The number of pyridine rings is 1. The number of halogens is 2. The van der Waals surface area contributed by atoms with Crippen LogP contribution in [-0.2, 0) is 16.1 Å². The zero-order chi connectivity index (χ0) is 25.0. The molecule has 0 N–H and O–H groups in total. The van der Waals surface area contributed by atoms with Crippen LogP contribution >= 0.6 is 31.9 Å². The molecule has 34 heavy (non-hydrogen) atoms. The Morgan fingerprint density at radius 1 is 0.882 bits per heavy atom. The Morgan fingerprint density at radius 2 is 1.44 bits per heavy atom. The Morgan fingerprint density at radius 3 is 1.94 bits per heavy atom. The zero-order valence-corrected chi connectivity index (χ0v) is 22.5. The number of hydrogen-bond acceptors (Lipinski definition) is 7. The number of aryl methyl sites for hydroxylation is 2. The molecule has 0 aliphatic heterocycles. The minimum absolute atomic E-state index is 0.172. The quantitative estimate of drug-likeness (QED) is 0.309. The lowest BCUT2D eigenvalue weighted by Crippen LogP contribution is -2.16. The van der Waals surface area contributed by atoms with Crippen molar-refractivity contribution in [2.45, 2.75) is 20.5 Å². The van der Waals surface area contributed by atoms with Gasteiger partial charge < -0.3 is 18.9 Å². The van der Waals surface area contributed by atoms with Crippen molar-refractivity contribution in [3.8, 4) is 22.6 Å². The summed E-state index contributed by atoms with van der Waals surface area (Å²) in [5.41, 5.74) is 3.06. The van der Waals surface area contributed by atoms with E-state index in [1.807, 2.05) is 24.3 Å². The first-order valence-corrected chi connectivity index (χ1v) is 11.7. The van der Waals surface area contributed by atoms with Crippen LogP contribution in [0.15, 0.2) is 45.3 Å². The highest BCUT2D eigenvalue weighted by atomic mass is 79.9. The van der Waals surface area contributed by atoms with Gasteiger partial charge in [0.25, 0.3) is 0 Å². The molecule has 9 heteroatoms. The Kier molecular flexibility index (Phi) is 8.33. The number of aromatic nitrogens is 1. The van der Waals surface area contributed by atoms with E-state index in [1.54, 1.807) is 26.0 Å². The second kappa shape index (κ2) is 11.0. The first-order chi connectivity index (χ1) is 16.2. The first-order valence-electron chi connectivity index (χ1n) is 10.1. The summed E-state index contributed by atoms with van der Waals surface area (Å²) < 4.78 is 23.2. The van der Waals surface area contributed by atoms with Crippen LogP contribution in [0.25, 0.3) is 11.1 Å². The van der Waals surface area contributed by atoms with E-state index in [9.17, 15) is 9.59 Å². The summed E-state index contributed by atoms with van der Waals surface area (Å²) in [6.45, 7) is 3.69. The van der Waals surface area contributed by atoms with Crippen LogP contribution in [0.4, 0.5) is 0 Å². The molecule has 0 fully saturated rings. The lowest BCUT2D eigenvalue weighted by atomic mass is 9.92. The maximum atomic E-state index is 12.7. The van der Waals surface area contributed by atoms with Crippen molar-refractivity contribution in [1.29, 1.82) is 0 Å². The predicted molar refractivity (Wildman–Crippen MR) is 135 cm³/mol. The highest BCUT2D eigenvalue weighted by molar-refractivity contribution is 9.10. The number of carbonyl (C=O) groups is 2. The van der Waals surface area contributed by atoms with E-state index < -0.39 is 11.9 Å². The Hall–Kier alpha value is -2.91. The fraction of sp³-hybridized carbons (Fsp3) is 0.240. The average Bonchev–Trinajstić information content (AvgIpc) is 2.82.